The highest BCUT2D eigenvalue weighted by Gasteiger charge is 2.20. The van der Waals surface area contributed by atoms with E-state index in [2.05, 4.69) is 5.32 Å². The molecule has 1 saturated heterocycles. The summed E-state index contributed by atoms with van der Waals surface area (Å²) < 4.78 is 15.9. The highest BCUT2D eigenvalue weighted by Crippen LogP contribution is 2.14. The molecule has 1 heterocycles. The number of rotatable bonds is 8. The van der Waals surface area contributed by atoms with Crippen molar-refractivity contribution in [1.82, 2.24) is 5.32 Å². The van der Waals surface area contributed by atoms with E-state index in [0.717, 1.165) is 32.6 Å². The molecule has 0 aromatic rings. The van der Waals surface area contributed by atoms with Gasteiger partial charge in [-0.1, -0.05) is 6.92 Å². The lowest BCUT2D eigenvalue weighted by molar-refractivity contribution is -0.147. The van der Waals surface area contributed by atoms with Crippen LogP contribution in [-0.2, 0) is 19.0 Å². The van der Waals surface area contributed by atoms with Crippen molar-refractivity contribution in [3.63, 3.8) is 0 Å². The van der Waals surface area contributed by atoms with Crippen molar-refractivity contribution in [1.29, 1.82) is 0 Å². The second kappa shape index (κ2) is 9.30. The normalized spacial score (nSPS) is 18.6. The SMILES string of the molecule is CCNC(COCC1CCOCC1)C(=O)OCC. The molecular formula is C13H25NO4. The van der Waals surface area contributed by atoms with Crippen molar-refractivity contribution in [3.8, 4) is 0 Å². The molecule has 0 amide bonds. The summed E-state index contributed by atoms with van der Waals surface area (Å²) in [6, 6.07) is -0.352. The lowest BCUT2D eigenvalue weighted by atomic mass is 10.0. The minimum atomic E-state index is -0.352. The molecule has 5 heteroatoms. The summed E-state index contributed by atoms with van der Waals surface area (Å²) in [5.74, 6) is 0.328. The standard InChI is InChI=1S/C13H25NO4/c1-3-14-12(13(15)18-4-2)10-17-9-11-5-7-16-8-6-11/h11-12,14H,3-10H2,1-2H3. The molecule has 0 spiro atoms. The van der Waals surface area contributed by atoms with Crippen LogP contribution in [0.2, 0.25) is 0 Å². The van der Waals surface area contributed by atoms with Crippen LogP contribution in [0.15, 0.2) is 0 Å². The molecule has 1 fully saturated rings. The summed E-state index contributed by atoms with van der Waals surface area (Å²) in [5, 5.41) is 3.08. The maximum atomic E-state index is 11.6. The monoisotopic (exact) mass is 259 g/mol. The number of likely N-dealkylation sites (N-methyl/N-ethyl adjacent to an activating group) is 1. The average Bonchev–Trinajstić information content (AvgIpc) is 2.39. The molecule has 1 unspecified atom stereocenters. The third-order valence-corrected chi connectivity index (χ3v) is 3.00. The number of hydrogen-bond donors (Lipinski definition) is 1. The first-order valence-corrected chi connectivity index (χ1v) is 6.83. The number of esters is 1. The van der Waals surface area contributed by atoms with Crippen LogP contribution in [0.4, 0.5) is 0 Å². The highest BCUT2D eigenvalue weighted by atomic mass is 16.5. The zero-order valence-electron chi connectivity index (χ0n) is 11.4. The zero-order chi connectivity index (χ0) is 13.2. The van der Waals surface area contributed by atoms with Gasteiger partial charge in [0.15, 0.2) is 0 Å². The van der Waals surface area contributed by atoms with Gasteiger partial charge in [-0.25, -0.2) is 0 Å². The van der Waals surface area contributed by atoms with E-state index in [1.165, 1.54) is 0 Å². The zero-order valence-corrected chi connectivity index (χ0v) is 11.4. The third kappa shape index (κ3) is 5.80. The number of carbonyl (C=O) groups is 1. The maximum absolute atomic E-state index is 11.6. The van der Waals surface area contributed by atoms with E-state index in [-0.39, 0.29) is 12.0 Å². The first-order chi connectivity index (χ1) is 8.77. The summed E-state index contributed by atoms with van der Waals surface area (Å²) in [4.78, 5) is 11.6. The van der Waals surface area contributed by atoms with E-state index in [9.17, 15) is 4.79 Å². The van der Waals surface area contributed by atoms with Gasteiger partial charge in [-0.3, -0.25) is 4.79 Å². The second-order valence-corrected chi connectivity index (χ2v) is 4.46. The second-order valence-electron chi connectivity index (χ2n) is 4.46. The van der Waals surface area contributed by atoms with Crippen LogP contribution in [0, 0.1) is 5.92 Å². The maximum Gasteiger partial charge on any atom is 0.325 e. The molecular weight excluding hydrogens is 234 g/mol. The van der Waals surface area contributed by atoms with Crippen molar-refractivity contribution >= 4 is 5.97 Å². The van der Waals surface area contributed by atoms with Crippen molar-refractivity contribution in [2.24, 2.45) is 5.92 Å². The fourth-order valence-corrected chi connectivity index (χ4v) is 1.97. The Morgan fingerprint density at radius 2 is 2.11 bits per heavy atom. The van der Waals surface area contributed by atoms with Gasteiger partial charge in [-0.05, 0) is 32.2 Å². The van der Waals surface area contributed by atoms with Crippen LogP contribution < -0.4 is 5.32 Å². The van der Waals surface area contributed by atoms with Crippen LogP contribution >= 0.6 is 0 Å². The Balaban J connectivity index is 2.21. The first-order valence-electron chi connectivity index (χ1n) is 6.83. The molecule has 0 aromatic carbocycles. The first kappa shape index (κ1) is 15.4. The van der Waals surface area contributed by atoms with E-state index in [4.69, 9.17) is 14.2 Å². The molecule has 1 rings (SSSR count). The van der Waals surface area contributed by atoms with Gasteiger partial charge in [0.05, 0.1) is 13.2 Å². The van der Waals surface area contributed by atoms with Gasteiger partial charge in [0.2, 0.25) is 0 Å². The fourth-order valence-electron chi connectivity index (χ4n) is 1.97. The molecule has 5 nitrogen and oxygen atoms in total. The molecule has 0 bridgehead atoms. The Labute approximate surface area is 109 Å². The van der Waals surface area contributed by atoms with Crippen molar-refractivity contribution < 1.29 is 19.0 Å². The van der Waals surface area contributed by atoms with Crippen LogP contribution in [-0.4, -0.2) is 51.6 Å². The quantitative estimate of drug-likeness (QED) is 0.658. The van der Waals surface area contributed by atoms with Crippen molar-refractivity contribution in [2.75, 3.05) is 39.6 Å². The van der Waals surface area contributed by atoms with Gasteiger partial charge in [-0.2, -0.15) is 0 Å². The molecule has 0 aliphatic carbocycles. The van der Waals surface area contributed by atoms with Crippen molar-refractivity contribution in [3.05, 3.63) is 0 Å². The predicted molar refractivity (Wildman–Crippen MR) is 68.5 cm³/mol. The van der Waals surface area contributed by atoms with Gasteiger partial charge in [0.1, 0.15) is 6.04 Å². The summed E-state index contributed by atoms with van der Waals surface area (Å²) in [5.41, 5.74) is 0. The topological polar surface area (TPSA) is 56.8 Å². The number of carbonyl (C=O) groups excluding carboxylic acids is 1. The molecule has 0 radical (unpaired) electrons. The Bertz CT molecular complexity index is 229. The van der Waals surface area contributed by atoms with Gasteiger partial charge in [0.25, 0.3) is 0 Å². The summed E-state index contributed by atoms with van der Waals surface area (Å²) in [7, 11) is 0. The van der Waals surface area contributed by atoms with Crippen molar-refractivity contribution in [2.45, 2.75) is 32.7 Å². The van der Waals surface area contributed by atoms with Gasteiger partial charge < -0.3 is 19.5 Å². The van der Waals surface area contributed by atoms with Crippen LogP contribution in [0.25, 0.3) is 0 Å². The van der Waals surface area contributed by atoms with Gasteiger partial charge in [0, 0.05) is 19.8 Å². The number of hydrogen-bond acceptors (Lipinski definition) is 5. The number of nitrogens with one attached hydrogen (secondary N) is 1. The van der Waals surface area contributed by atoms with E-state index in [1.54, 1.807) is 0 Å². The Morgan fingerprint density at radius 1 is 1.39 bits per heavy atom. The molecule has 106 valence electrons. The smallest absolute Gasteiger partial charge is 0.325 e. The molecule has 1 aliphatic heterocycles. The molecule has 0 saturated carbocycles. The summed E-state index contributed by atoms with van der Waals surface area (Å²) in [6.45, 7) is 7.62. The van der Waals surface area contributed by atoms with Crippen LogP contribution in [0.3, 0.4) is 0 Å². The highest BCUT2D eigenvalue weighted by molar-refractivity contribution is 5.75. The number of ether oxygens (including phenoxy) is 3. The molecule has 0 aromatic heterocycles. The summed E-state index contributed by atoms with van der Waals surface area (Å²) >= 11 is 0. The van der Waals surface area contributed by atoms with Gasteiger partial charge >= 0.3 is 5.97 Å². The minimum Gasteiger partial charge on any atom is -0.465 e. The lowest BCUT2D eigenvalue weighted by Crippen LogP contribution is -2.42. The molecule has 1 aliphatic rings. The van der Waals surface area contributed by atoms with E-state index < -0.39 is 0 Å². The van der Waals surface area contributed by atoms with Crippen LogP contribution in [0.5, 0.6) is 0 Å². The van der Waals surface area contributed by atoms with Gasteiger partial charge in [-0.15, -0.1) is 0 Å². The Hall–Kier alpha value is -0.650. The predicted octanol–water partition coefficient (Wildman–Crippen LogP) is 0.971. The largest absolute Gasteiger partial charge is 0.465 e. The lowest BCUT2D eigenvalue weighted by Gasteiger charge is -2.23. The third-order valence-electron chi connectivity index (χ3n) is 3.00. The average molecular weight is 259 g/mol. The molecule has 1 N–H and O–H groups in total. The Morgan fingerprint density at radius 3 is 2.72 bits per heavy atom. The molecule has 18 heavy (non-hydrogen) atoms. The van der Waals surface area contributed by atoms with E-state index in [1.807, 2.05) is 13.8 Å². The van der Waals surface area contributed by atoms with E-state index >= 15 is 0 Å². The Kier molecular flexibility index (Phi) is 7.96. The molecule has 1 atom stereocenters. The van der Waals surface area contributed by atoms with E-state index in [0.29, 0.717) is 25.7 Å². The fraction of sp³-hybridized carbons (Fsp3) is 0.923. The summed E-state index contributed by atoms with van der Waals surface area (Å²) in [6.07, 6.45) is 2.09. The minimum absolute atomic E-state index is 0.230. The van der Waals surface area contributed by atoms with Crippen LogP contribution in [0.1, 0.15) is 26.7 Å².